The smallest absolute Gasteiger partial charge is 0.410 e. The Labute approximate surface area is 299 Å². The molecule has 3 saturated heterocycles. The fourth-order valence-electron chi connectivity index (χ4n) is 8.52. The van der Waals surface area contributed by atoms with Crippen LogP contribution in [-0.2, 0) is 29.4 Å². The van der Waals surface area contributed by atoms with Gasteiger partial charge in [0.05, 0.1) is 29.6 Å². The lowest BCUT2D eigenvalue weighted by molar-refractivity contribution is -0.143. The van der Waals surface area contributed by atoms with Gasteiger partial charge in [-0.25, -0.2) is 14.6 Å². The van der Waals surface area contributed by atoms with E-state index >= 15 is 0 Å². The highest BCUT2D eigenvalue weighted by Crippen LogP contribution is 2.29. The monoisotopic (exact) mass is 701 g/mol. The van der Waals surface area contributed by atoms with Gasteiger partial charge in [-0.15, -0.1) is 0 Å². The van der Waals surface area contributed by atoms with Crippen LogP contribution in [0.15, 0.2) is 42.7 Å². The molecule has 2 aromatic carbocycles. The number of para-hydroxylation sites is 1. The Morgan fingerprint density at radius 1 is 0.980 bits per heavy atom. The van der Waals surface area contributed by atoms with Gasteiger partial charge in [-0.05, 0) is 80.7 Å². The molecule has 1 aromatic heterocycles. The predicted molar refractivity (Wildman–Crippen MR) is 192 cm³/mol. The van der Waals surface area contributed by atoms with Crippen molar-refractivity contribution in [1.82, 2.24) is 29.2 Å². The lowest BCUT2D eigenvalue weighted by atomic mass is 9.90. The number of carbonyl (C=O) groups is 3. The molecule has 0 radical (unpaired) electrons. The molecule has 1 atom stereocenters. The van der Waals surface area contributed by atoms with E-state index in [1.54, 1.807) is 11.2 Å². The largest absolute Gasteiger partial charge is 0.436 e. The normalized spacial score (nSPS) is 21.3. The van der Waals surface area contributed by atoms with Crippen LogP contribution in [0.1, 0.15) is 55.2 Å². The molecule has 7 rings (SSSR count). The van der Waals surface area contributed by atoms with Crippen molar-refractivity contribution in [3.05, 3.63) is 59.4 Å². The Morgan fingerprint density at radius 2 is 1.67 bits per heavy atom. The first kappa shape index (κ1) is 35.2. The van der Waals surface area contributed by atoms with Crippen molar-refractivity contribution < 1.29 is 29.3 Å². The van der Waals surface area contributed by atoms with Crippen LogP contribution in [0, 0.1) is 6.92 Å². The highest BCUT2D eigenvalue weighted by molar-refractivity contribution is 5.91. The third-order valence-electron chi connectivity index (χ3n) is 11.6. The number of likely N-dealkylation sites (tertiary alicyclic amines) is 3. The number of hydrogen-bond donors (Lipinski definition) is 3. The summed E-state index contributed by atoms with van der Waals surface area (Å²) < 4.78 is 8.10. The molecule has 3 fully saturated rings. The summed E-state index contributed by atoms with van der Waals surface area (Å²) in [5.74, 6) is -0.190. The maximum absolute atomic E-state index is 14.2. The number of fused-ring (bicyclic) bond motifs is 2. The number of amides is 4. The molecule has 51 heavy (non-hydrogen) atoms. The van der Waals surface area contributed by atoms with Gasteiger partial charge in [-0.3, -0.25) is 4.79 Å². The van der Waals surface area contributed by atoms with Crippen LogP contribution in [0.2, 0.25) is 0 Å². The number of nitrogens with one attached hydrogen (secondary N) is 1. The summed E-state index contributed by atoms with van der Waals surface area (Å²) in [4.78, 5) is 53.4. The van der Waals surface area contributed by atoms with Crippen LogP contribution in [-0.4, -0.2) is 134 Å². The first-order valence-corrected chi connectivity index (χ1v) is 18.5. The number of aryl methyl sites for hydroxylation is 2. The van der Waals surface area contributed by atoms with E-state index in [9.17, 15) is 24.6 Å². The van der Waals surface area contributed by atoms with Crippen LogP contribution in [0.3, 0.4) is 0 Å². The quantitative estimate of drug-likeness (QED) is 0.341. The maximum atomic E-state index is 14.2. The van der Waals surface area contributed by atoms with Gasteiger partial charge in [0, 0.05) is 77.1 Å². The van der Waals surface area contributed by atoms with Crippen molar-refractivity contribution in [3.8, 4) is 0 Å². The van der Waals surface area contributed by atoms with Crippen LogP contribution in [0.5, 0.6) is 0 Å². The third-order valence-corrected chi connectivity index (χ3v) is 11.6. The fourth-order valence-corrected chi connectivity index (χ4v) is 8.52. The van der Waals surface area contributed by atoms with Crippen LogP contribution in [0.4, 0.5) is 15.3 Å². The summed E-state index contributed by atoms with van der Waals surface area (Å²) in [6.07, 6.45) is 5.23. The van der Waals surface area contributed by atoms with Crippen LogP contribution < -0.4 is 5.32 Å². The minimum absolute atomic E-state index is 0.00695. The molecular weight excluding hydrogens is 650 g/mol. The predicted octanol–water partition coefficient (Wildman–Crippen LogP) is 3.29. The number of rotatable bonds is 7. The first-order chi connectivity index (χ1) is 24.6. The lowest BCUT2D eigenvalue weighted by Gasteiger charge is -2.44. The molecule has 4 amide bonds. The number of ether oxygens (including phenoxy) is 1. The van der Waals surface area contributed by atoms with E-state index in [1.807, 2.05) is 64.7 Å². The van der Waals surface area contributed by atoms with E-state index in [4.69, 9.17) is 4.74 Å². The standard InChI is InChI=1S/C38H51N7O6/c1-26-21-27(22-32-34(26)41(2)25-39-32)23-33(35(47)43-14-8-29(9-15-43)42-19-12-38(50,24-46)13-20-42)51-37(49)44-16-10-30(11-17-44)45-18-7-28-5-3-4-6-31(28)40-36(45)48/h3-6,21-22,25,29-30,33,46,50H,7-20,23-24H2,1-2H3,(H,40,48)/t33-/m1/s1. The van der Waals surface area contributed by atoms with Crippen molar-refractivity contribution in [2.75, 3.05) is 57.7 Å². The van der Waals surface area contributed by atoms with E-state index in [2.05, 4.69) is 15.2 Å². The van der Waals surface area contributed by atoms with Crippen molar-refractivity contribution in [2.24, 2.45) is 7.05 Å². The van der Waals surface area contributed by atoms with Gasteiger partial charge in [0.15, 0.2) is 6.10 Å². The average Bonchev–Trinajstić information content (AvgIpc) is 3.43. The number of benzene rings is 2. The topological polar surface area (TPSA) is 144 Å². The first-order valence-electron chi connectivity index (χ1n) is 18.5. The number of piperidine rings is 3. The SMILES string of the molecule is Cc1cc(C[C@@H](OC(=O)N2CCC(N3CCc4ccccc4NC3=O)CC2)C(=O)N2CCC(N3CCC(O)(CO)CC3)CC2)cc2ncn(C)c12. The van der Waals surface area contributed by atoms with Gasteiger partial charge >= 0.3 is 12.1 Å². The van der Waals surface area contributed by atoms with Gasteiger partial charge in [0.25, 0.3) is 5.91 Å². The number of hydrogen-bond acceptors (Lipinski definition) is 8. The summed E-state index contributed by atoms with van der Waals surface area (Å²) in [6.45, 7) is 5.86. The summed E-state index contributed by atoms with van der Waals surface area (Å²) in [7, 11) is 1.96. The van der Waals surface area contributed by atoms with Crippen LogP contribution in [0.25, 0.3) is 11.0 Å². The van der Waals surface area contributed by atoms with Gasteiger partial charge < -0.3 is 44.4 Å². The van der Waals surface area contributed by atoms with Gasteiger partial charge in [0.2, 0.25) is 0 Å². The van der Waals surface area contributed by atoms with Crippen LogP contribution >= 0.6 is 0 Å². The van der Waals surface area contributed by atoms with E-state index < -0.39 is 17.8 Å². The number of aromatic nitrogens is 2. The van der Waals surface area contributed by atoms with Crippen molar-refractivity contribution in [1.29, 1.82) is 0 Å². The average molecular weight is 702 g/mol. The zero-order valence-electron chi connectivity index (χ0n) is 29.8. The fraction of sp³-hybridized carbons (Fsp3) is 0.579. The van der Waals surface area contributed by atoms with E-state index in [-0.39, 0.29) is 31.0 Å². The molecule has 0 spiro atoms. The molecule has 13 heteroatoms. The Bertz CT molecular complexity index is 1740. The molecule has 0 aliphatic carbocycles. The van der Waals surface area contributed by atoms with Crippen molar-refractivity contribution in [2.45, 2.75) is 82.1 Å². The second-order valence-electron chi connectivity index (χ2n) is 14.9. The minimum Gasteiger partial charge on any atom is -0.436 e. The van der Waals surface area contributed by atoms with E-state index in [0.29, 0.717) is 64.4 Å². The maximum Gasteiger partial charge on any atom is 0.410 e. The molecule has 13 nitrogen and oxygen atoms in total. The number of nitrogens with zero attached hydrogens (tertiary/aromatic N) is 6. The Balaban J connectivity index is 0.999. The number of aliphatic hydroxyl groups is 2. The molecule has 274 valence electrons. The molecule has 3 aromatic rings. The molecule has 0 unspecified atom stereocenters. The highest BCUT2D eigenvalue weighted by Gasteiger charge is 2.38. The lowest BCUT2D eigenvalue weighted by Crippen LogP contribution is -2.54. The summed E-state index contributed by atoms with van der Waals surface area (Å²) in [5.41, 5.74) is 4.77. The second kappa shape index (κ2) is 14.8. The number of aliphatic hydroxyl groups excluding tert-OH is 1. The minimum atomic E-state index is -0.996. The summed E-state index contributed by atoms with van der Waals surface area (Å²) >= 11 is 0. The molecule has 4 aliphatic rings. The summed E-state index contributed by atoms with van der Waals surface area (Å²) in [5, 5.41) is 23.1. The zero-order valence-corrected chi connectivity index (χ0v) is 29.8. The molecular formula is C38H51N7O6. The van der Waals surface area contributed by atoms with Crippen molar-refractivity contribution in [3.63, 3.8) is 0 Å². The Morgan fingerprint density at radius 3 is 2.39 bits per heavy atom. The molecule has 3 N–H and O–H groups in total. The third kappa shape index (κ3) is 7.56. The number of anilines is 1. The number of urea groups is 1. The Kier molecular flexibility index (Phi) is 10.2. The van der Waals surface area contributed by atoms with Gasteiger partial charge in [-0.2, -0.15) is 0 Å². The van der Waals surface area contributed by atoms with E-state index in [0.717, 1.165) is 65.8 Å². The Hall–Kier alpha value is -4.20. The molecule has 0 bridgehead atoms. The second-order valence-corrected chi connectivity index (χ2v) is 14.9. The zero-order chi connectivity index (χ0) is 35.7. The van der Waals surface area contributed by atoms with Gasteiger partial charge in [0.1, 0.15) is 0 Å². The summed E-state index contributed by atoms with van der Waals surface area (Å²) in [6, 6.07) is 12.1. The number of carbonyl (C=O) groups excluding carboxylic acids is 3. The molecule has 4 aliphatic heterocycles. The molecule has 0 saturated carbocycles. The number of imidazole rings is 1. The van der Waals surface area contributed by atoms with E-state index in [1.165, 1.54) is 0 Å². The van der Waals surface area contributed by atoms with Crippen molar-refractivity contribution >= 4 is 34.8 Å². The van der Waals surface area contributed by atoms with Gasteiger partial charge in [-0.1, -0.05) is 24.3 Å². The molecule has 5 heterocycles. The highest BCUT2D eigenvalue weighted by atomic mass is 16.6.